The van der Waals surface area contributed by atoms with Crippen molar-refractivity contribution in [1.82, 2.24) is 4.90 Å². The standard InChI is InChI=1S/C23H26N2O5S/c1-15-12-16(2)22(17(3)13-15)31(28,29)24-20-14-21-23(27,19-7-5-4-6-18(19)20)30-11-9-25(21)8-10-26/h4-7,12-14,26-27H,8-11H2,1-3H3/b24-20-. The molecule has 0 amide bonds. The van der Waals surface area contributed by atoms with Gasteiger partial charge in [0.2, 0.25) is 5.79 Å². The summed E-state index contributed by atoms with van der Waals surface area (Å²) in [5.74, 6) is -1.72. The lowest BCUT2D eigenvalue weighted by atomic mass is 9.86. The van der Waals surface area contributed by atoms with Crippen LogP contribution in [0.1, 0.15) is 27.8 Å². The first-order valence-electron chi connectivity index (χ1n) is 10.1. The van der Waals surface area contributed by atoms with E-state index in [4.69, 9.17) is 4.74 Å². The third-order valence-corrected chi connectivity index (χ3v) is 7.25. The normalized spacial score (nSPS) is 22.2. The van der Waals surface area contributed by atoms with Gasteiger partial charge in [0.25, 0.3) is 10.0 Å². The van der Waals surface area contributed by atoms with Gasteiger partial charge in [-0.1, -0.05) is 42.0 Å². The van der Waals surface area contributed by atoms with E-state index < -0.39 is 15.8 Å². The van der Waals surface area contributed by atoms with Crippen LogP contribution >= 0.6 is 0 Å². The van der Waals surface area contributed by atoms with E-state index in [-0.39, 0.29) is 30.4 Å². The maximum absolute atomic E-state index is 13.3. The number of benzene rings is 2. The first-order chi connectivity index (χ1) is 14.7. The van der Waals surface area contributed by atoms with E-state index in [9.17, 15) is 18.6 Å². The number of morpholine rings is 1. The van der Waals surface area contributed by atoms with Gasteiger partial charge in [0.1, 0.15) is 0 Å². The zero-order valence-corrected chi connectivity index (χ0v) is 18.6. The molecule has 4 rings (SSSR count). The molecule has 0 aromatic heterocycles. The molecule has 164 valence electrons. The van der Waals surface area contributed by atoms with Gasteiger partial charge in [0.05, 0.1) is 29.5 Å². The van der Waals surface area contributed by atoms with Crippen molar-refractivity contribution >= 4 is 15.7 Å². The second-order valence-corrected chi connectivity index (χ2v) is 9.50. The number of aryl methyl sites for hydroxylation is 3. The van der Waals surface area contributed by atoms with Gasteiger partial charge in [-0.25, -0.2) is 0 Å². The molecule has 2 aromatic carbocycles. The number of sulfonamides is 1. The summed E-state index contributed by atoms with van der Waals surface area (Å²) in [4.78, 5) is 1.98. The van der Waals surface area contributed by atoms with Crippen LogP contribution in [-0.2, 0) is 20.5 Å². The summed E-state index contributed by atoms with van der Waals surface area (Å²) in [5.41, 5.74) is 3.78. The van der Waals surface area contributed by atoms with Crippen molar-refractivity contribution in [3.8, 4) is 0 Å². The fourth-order valence-electron chi connectivity index (χ4n) is 4.50. The van der Waals surface area contributed by atoms with Gasteiger partial charge in [0.15, 0.2) is 0 Å². The number of allylic oxidation sites excluding steroid dienone is 1. The second kappa shape index (κ2) is 7.87. The predicted molar refractivity (Wildman–Crippen MR) is 117 cm³/mol. The highest BCUT2D eigenvalue weighted by Gasteiger charge is 2.46. The Hall–Kier alpha value is -2.52. The summed E-state index contributed by atoms with van der Waals surface area (Å²) in [6.07, 6.45) is 1.55. The SMILES string of the molecule is Cc1cc(C)c(S(=O)(=O)/N=C2/C=C3N(CCO)CCOC3(O)c3ccccc32)c(C)c1. The molecule has 1 unspecified atom stereocenters. The summed E-state index contributed by atoms with van der Waals surface area (Å²) in [6, 6.07) is 10.6. The zero-order chi connectivity index (χ0) is 22.4. The summed E-state index contributed by atoms with van der Waals surface area (Å²) in [5, 5.41) is 20.8. The summed E-state index contributed by atoms with van der Waals surface area (Å²) in [6.45, 7) is 6.36. The molecule has 0 radical (unpaired) electrons. The van der Waals surface area contributed by atoms with Crippen LogP contribution in [0, 0.1) is 20.8 Å². The van der Waals surface area contributed by atoms with E-state index in [1.54, 1.807) is 49.1 Å². The van der Waals surface area contributed by atoms with Crippen LogP contribution in [-0.4, -0.2) is 55.5 Å². The molecule has 2 aromatic rings. The molecule has 1 aliphatic carbocycles. The molecule has 7 nitrogen and oxygen atoms in total. The molecule has 1 saturated heterocycles. The van der Waals surface area contributed by atoms with E-state index in [0.29, 0.717) is 34.5 Å². The van der Waals surface area contributed by atoms with E-state index in [1.165, 1.54) is 0 Å². The Labute approximate surface area is 182 Å². The molecule has 0 bridgehead atoms. The van der Waals surface area contributed by atoms with Gasteiger partial charge in [-0.05, 0) is 38.0 Å². The number of nitrogens with zero attached hydrogens (tertiary/aromatic N) is 2. The lowest BCUT2D eigenvalue weighted by Gasteiger charge is -2.45. The molecule has 0 saturated carbocycles. The smallest absolute Gasteiger partial charge is 0.283 e. The van der Waals surface area contributed by atoms with Gasteiger partial charge in [-0.3, -0.25) is 0 Å². The minimum Gasteiger partial charge on any atom is -0.395 e. The van der Waals surface area contributed by atoms with Gasteiger partial charge < -0.3 is 19.8 Å². The highest BCUT2D eigenvalue weighted by molar-refractivity contribution is 7.90. The summed E-state index contributed by atoms with van der Waals surface area (Å²) in [7, 11) is -4.02. The van der Waals surface area contributed by atoms with Gasteiger partial charge in [0, 0.05) is 24.2 Å². The molecule has 1 fully saturated rings. The van der Waals surface area contributed by atoms with Crippen molar-refractivity contribution in [2.45, 2.75) is 31.5 Å². The van der Waals surface area contributed by atoms with E-state index in [1.807, 2.05) is 19.1 Å². The number of rotatable bonds is 4. The first-order valence-corrected chi connectivity index (χ1v) is 11.6. The van der Waals surface area contributed by atoms with Crippen molar-refractivity contribution in [2.24, 2.45) is 4.40 Å². The topological polar surface area (TPSA) is 99.4 Å². The molecule has 1 heterocycles. The number of hydrogen-bond donors (Lipinski definition) is 2. The van der Waals surface area contributed by atoms with Crippen molar-refractivity contribution in [1.29, 1.82) is 0 Å². The maximum atomic E-state index is 13.3. The van der Waals surface area contributed by atoms with Gasteiger partial charge >= 0.3 is 0 Å². The number of ether oxygens (including phenoxy) is 1. The molecule has 2 aliphatic rings. The lowest BCUT2D eigenvalue weighted by molar-refractivity contribution is -0.219. The number of aliphatic hydroxyl groups excluding tert-OH is 1. The molecule has 1 aliphatic heterocycles. The van der Waals surface area contributed by atoms with Crippen LogP contribution in [0.3, 0.4) is 0 Å². The largest absolute Gasteiger partial charge is 0.395 e. The van der Waals surface area contributed by atoms with Crippen molar-refractivity contribution < 1.29 is 23.4 Å². The Bertz CT molecular complexity index is 1180. The molecule has 0 spiro atoms. The van der Waals surface area contributed by atoms with Gasteiger partial charge in [-0.2, -0.15) is 12.8 Å². The fourth-order valence-corrected chi connectivity index (χ4v) is 5.94. The number of hydrogen-bond acceptors (Lipinski definition) is 6. The average Bonchev–Trinajstić information content (AvgIpc) is 2.68. The predicted octanol–water partition coefficient (Wildman–Crippen LogP) is 2.16. The Morgan fingerprint density at radius 2 is 1.84 bits per heavy atom. The number of fused-ring (bicyclic) bond motifs is 3. The quantitative estimate of drug-likeness (QED) is 0.753. The zero-order valence-electron chi connectivity index (χ0n) is 17.8. The Morgan fingerprint density at radius 3 is 2.52 bits per heavy atom. The number of β-amino-alcohol motifs (C(OH)–C–C–N with tert-alkyl or cyclic N) is 1. The average molecular weight is 443 g/mol. The van der Waals surface area contributed by atoms with Crippen LogP contribution < -0.4 is 0 Å². The molecular weight excluding hydrogens is 416 g/mol. The highest BCUT2D eigenvalue weighted by atomic mass is 32.2. The van der Waals surface area contributed by atoms with E-state index in [2.05, 4.69) is 4.40 Å². The summed E-state index contributed by atoms with van der Waals surface area (Å²) >= 11 is 0. The molecule has 1 atom stereocenters. The van der Waals surface area contributed by atoms with Crippen LogP contribution in [0.25, 0.3) is 0 Å². The Morgan fingerprint density at radius 1 is 1.16 bits per heavy atom. The second-order valence-electron chi connectivity index (χ2n) is 7.96. The van der Waals surface area contributed by atoms with Crippen LogP contribution in [0.5, 0.6) is 0 Å². The monoisotopic (exact) mass is 442 g/mol. The van der Waals surface area contributed by atoms with Crippen LogP contribution in [0.15, 0.2) is 57.5 Å². The van der Waals surface area contributed by atoms with Crippen LogP contribution in [0.2, 0.25) is 0 Å². The van der Waals surface area contributed by atoms with Gasteiger partial charge in [-0.15, -0.1) is 0 Å². The highest BCUT2D eigenvalue weighted by Crippen LogP contribution is 2.41. The Balaban J connectivity index is 1.93. The molecule has 2 N–H and O–H groups in total. The fraction of sp³-hybridized carbons (Fsp3) is 0.348. The van der Waals surface area contributed by atoms with Crippen LogP contribution in [0.4, 0.5) is 0 Å². The van der Waals surface area contributed by atoms with E-state index >= 15 is 0 Å². The summed E-state index contributed by atoms with van der Waals surface area (Å²) < 4.78 is 36.6. The van der Waals surface area contributed by atoms with Crippen molar-refractivity contribution in [2.75, 3.05) is 26.3 Å². The van der Waals surface area contributed by atoms with Crippen molar-refractivity contribution in [3.63, 3.8) is 0 Å². The van der Waals surface area contributed by atoms with E-state index in [0.717, 1.165) is 5.56 Å². The number of aliphatic hydroxyl groups is 2. The molecule has 8 heteroatoms. The first kappa shape index (κ1) is 21.7. The minimum absolute atomic E-state index is 0.110. The lowest BCUT2D eigenvalue weighted by Crippen LogP contribution is -2.50. The minimum atomic E-state index is -4.02. The Kier molecular flexibility index (Phi) is 5.51. The molecule has 31 heavy (non-hydrogen) atoms. The third kappa shape index (κ3) is 3.70. The maximum Gasteiger partial charge on any atom is 0.283 e. The van der Waals surface area contributed by atoms with Crippen molar-refractivity contribution in [3.05, 3.63) is 76.0 Å². The third-order valence-electron chi connectivity index (χ3n) is 5.65. The molecular formula is C23H26N2O5S.